The maximum Gasteiger partial charge on any atom is 0.191 e. The molecule has 1 aliphatic heterocycles. The molecule has 0 atom stereocenters. The van der Waals surface area contributed by atoms with Crippen molar-refractivity contribution in [3.8, 4) is 0 Å². The Morgan fingerprint density at radius 1 is 1.30 bits per heavy atom. The summed E-state index contributed by atoms with van der Waals surface area (Å²) in [6.07, 6.45) is 1.87. The largest absolute Gasteiger partial charge is 0.357 e. The number of aromatic nitrogens is 1. The van der Waals surface area contributed by atoms with E-state index in [9.17, 15) is 0 Å². The SMILES string of the molecule is CCNC(=NCc1cccnc1N1CCN(C)CC1)NC(C)C. The van der Waals surface area contributed by atoms with Crippen LogP contribution in [0.15, 0.2) is 23.3 Å². The number of aliphatic imine (C=N–C) groups is 1. The number of piperazine rings is 1. The minimum Gasteiger partial charge on any atom is -0.357 e. The van der Waals surface area contributed by atoms with Crippen LogP contribution in [0.25, 0.3) is 0 Å². The first-order valence-electron chi connectivity index (χ1n) is 8.52. The zero-order valence-electron chi connectivity index (χ0n) is 14.8. The van der Waals surface area contributed by atoms with Crippen molar-refractivity contribution in [2.45, 2.75) is 33.4 Å². The van der Waals surface area contributed by atoms with Gasteiger partial charge in [-0.05, 0) is 33.9 Å². The van der Waals surface area contributed by atoms with Crippen LogP contribution in [0.1, 0.15) is 26.3 Å². The molecule has 1 fully saturated rings. The Morgan fingerprint density at radius 3 is 2.70 bits per heavy atom. The number of nitrogens with zero attached hydrogens (tertiary/aromatic N) is 4. The summed E-state index contributed by atoms with van der Waals surface area (Å²) in [6.45, 7) is 12.0. The monoisotopic (exact) mass is 318 g/mol. The summed E-state index contributed by atoms with van der Waals surface area (Å²) in [6, 6.07) is 4.48. The Bertz CT molecular complexity index is 506. The highest BCUT2D eigenvalue weighted by molar-refractivity contribution is 5.80. The zero-order chi connectivity index (χ0) is 16.7. The van der Waals surface area contributed by atoms with Crippen molar-refractivity contribution in [1.82, 2.24) is 20.5 Å². The number of hydrogen-bond acceptors (Lipinski definition) is 4. The summed E-state index contributed by atoms with van der Waals surface area (Å²) >= 11 is 0. The average molecular weight is 318 g/mol. The lowest BCUT2D eigenvalue weighted by molar-refractivity contribution is 0.312. The molecule has 128 valence electrons. The van der Waals surface area contributed by atoms with E-state index in [0.717, 1.165) is 44.5 Å². The molecular weight excluding hydrogens is 288 g/mol. The number of guanidine groups is 1. The third-order valence-electron chi connectivity index (χ3n) is 3.85. The second-order valence-electron chi connectivity index (χ2n) is 6.27. The zero-order valence-corrected chi connectivity index (χ0v) is 14.8. The molecule has 6 heteroatoms. The molecule has 2 rings (SSSR count). The van der Waals surface area contributed by atoms with E-state index < -0.39 is 0 Å². The van der Waals surface area contributed by atoms with E-state index in [1.807, 2.05) is 12.3 Å². The topological polar surface area (TPSA) is 55.8 Å². The van der Waals surface area contributed by atoms with Crippen LogP contribution in [0.2, 0.25) is 0 Å². The normalized spacial score (nSPS) is 16.7. The molecule has 1 aromatic heterocycles. The molecule has 0 saturated carbocycles. The number of hydrogen-bond donors (Lipinski definition) is 2. The predicted molar refractivity (Wildman–Crippen MR) is 97.0 cm³/mol. The van der Waals surface area contributed by atoms with Gasteiger partial charge in [-0.25, -0.2) is 9.98 Å². The first-order chi connectivity index (χ1) is 11.1. The number of anilines is 1. The molecule has 6 nitrogen and oxygen atoms in total. The van der Waals surface area contributed by atoms with Gasteiger partial charge in [-0.15, -0.1) is 0 Å². The minimum absolute atomic E-state index is 0.360. The van der Waals surface area contributed by atoms with Gasteiger partial charge >= 0.3 is 0 Å². The summed E-state index contributed by atoms with van der Waals surface area (Å²) < 4.78 is 0. The highest BCUT2D eigenvalue weighted by Crippen LogP contribution is 2.19. The molecule has 0 aromatic carbocycles. The average Bonchev–Trinajstić information content (AvgIpc) is 2.53. The molecule has 2 N–H and O–H groups in total. The first kappa shape index (κ1) is 17.5. The third kappa shape index (κ3) is 5.39. The summed E-state index contributed by atoms with van der Waals surface area (Å²) in [5.41, 5.74) is 1.18. The van der Waals surface area contributed by atoms with Crippen LogP contribution in [0.4, 0.5) is 5.82 Å². The van der Waals surface area contributed by atoms with Gasteiger partial charge in [0.2, 0.25) is 0 Å². The standard InChI is InChI=1S/C17H30N6/c1-5-18-17(21-14(2)3)20-13-15-7-6-8-19-16(15)23-11-9-22(4)10-12-23/h6-8,14H,5,9-13H2,1-4H3,(H2,18,20,21). The summed E-state index contributed by atoms with van der Waals surface area (Å²) in [7, 11) is 2.17. The lowest BCUT2D eigenvalue weighted by Crippen LogP contribution is -2.45. The Labute approximate surface area is 140 Å². The summed E-state index contributed by atoms with van der Waals surface area (Å²) in [4.78, 5) is 14.0. The van der Waals surface area contributed by atoms with Crippen molar-refractivity contribution >= 4 is 11.8 Å². The molecule has 0 bridgehead atoms. The van der Waals surface area contributed by atoms with Gasteiger partial charge in [-0.3, -0.25) is 0 Å². The van der Waals surface area contributed by atoms with Crippen molar-refractivity contribution in [3.05, 3.63) is 23.9 Å². The van der Waals surface area contributed by atoms with Gasteiger partial charge in [0.25, 0.3) is 0 Å². The second kappa shape index (κ2) is 8.72. The van der Waals surface area contributed by atoms with Crippen LogP contribution in [0, 0.1) is 0 Å². The molecule has 0 spiro atoms. The fourth-order valence-corrected chi connectivity index (χ4v) is 2.61. The van der Waals surface area contributed by atoms with Gasteiger partial charge in [0, 0.05) is 50.5 Å². The Hall–Kier alpha value is -1.82. The third-order valence-corrected chi connectivity index (χ3v) is 3.85. The van der Waals surface area contributed by atoms with Crippen LogP contribution in [0.5, 0.6) is 0 Å². The molecule has 2 heterocycles. The summed E-state index contributed by atoms with van der Waals surface area (Å²) in [5.74, 6) is 1.93. The minimum atomic E-state index is 0.360. The fourth-order valence-electron chi connectivity index (χ4n) is 2.61. The van der Waals surface area contributed by atoms with E-state index in [0.29, 0.717) is 12.6 Å². The number of nitrogens with one attached hydrogen (secondary N) is 2. The maximum atomic E-state index is 4.71. The van der Waals surface area contributed by atoms with E-state index in [2.05, 4.69) is 59.3 Å². The van der Waals surface area contributed by atoms with Gasteiger partial charge in [-0.1, -0.05) is 6.07 Å². The number of rotatable bonds is 5. The predicted octanol–water partition coefficient (Wildman–Crippen LogP) is 1.30. The molecule has 0 amide bonds. The number of likely N-dealkylation sites (N-methyl/N-ethyl adjacent to an activating group) is 1. The Balaban J connectivity index is 2.10. The second-order valence-corrected chi connectivity index (χ2v) is 6.27. The van der Waals surface area contributed by atoms with Crippen molar-refractivity contribution in [3.63, 3.8) is 0 Å². The molecule has 0 unspecified atom stereocenters. The molecule has 0 radical (unpaired) electrons. The van der Waals surface area contributed by atoms with Crippen LogP contribution in [-0.2, 0) is 6.54 Å². The van der Waals surface area contributed by atoms with Crippen molar-refractivity contribution in [2.75, 3.05) is 44.7 Å². The molecule has 0 aliphatic carbocycles. The fraction of sp³-hybridized carbons (Fsp3) is 0.647. The maximum absolute atomic E-state index is 4.71. The van der Waals surface area contributed by atoms with Crippen molar-refractivity contribution in [1.29, 1.82) is 0 Å². The van der Waals surface area contributed by atoms with Gasteiger partial charge in [0.05, 0.1) is 6.54 Å². The smallest absolute Gasteiger partial charge is 0.191 e. The first-order valence-corrected chi connectivity index (χ1v) is 8.52. The van der Waals surface area contributed by atoms with Crippen LogP contribution in [-0.4, -0.2) is 61.7 Å². The van der Waals surface area contributed by atoms with Crippen molar-refractivity contribution < 1.29 is 0 Å². The van der Waals surface area contributed by atoms with E-state index in [1.165, 1.54) is 5.56 Å². The van der Waals surface area contributed by atoms with Gasteiger partial charge in [0.1, 0.15) is 5.82 Å². The highest BCUT2D eigenvalue weighted by atomic mass is 15.3. The van der Waals surface area contributed by atoms with Crippen molar-refractivity contribution in [2.24, 2.45) is 4.99 Å². The van der Waals surface area contributed by atoms with Gasteiger partial charge in [0.15, 0.2) is 5.96 Å². The van der Waals surface area contributed by atoms with Crippen LogP contribution < -0.4 is 15.5 Å². The number of pyridine rings is 1. The van der Waals surface area contributed by atoms with E-state index >= 15 is 0 Å². The Kier molecular flexibility index (Phi) is 6.65. The molecule has 23 heavy (non-hydrogen) atoms. The highest BCUT2D eigenvalue weighted by Gasteiger charge is 2.17. The van der Waals surface area contributed by atoms with Gasteiger partial charge < -0.3 is 20.4 Å². The van der Waals surface area contributed by atoms with E-state index in [-0.39, 0.29) is 0 Å². The van der Waals surface area contributed by atoms with Crippen LogP contribution >= 0.6 is 0 Å². The quantitative estimate of drug-likeness (QED) is 0.633. The summed E-state index contributed by atoms with van der Waals surface area (Å²) in [5, 5.41) is 6.64. The molecule has 1 aromatic rings. The lowest BCUT2D eigenvalue weighted by atomic mass is 10.2. The molecule has 1 aliphatic rings. The van der Waals surface area contributed by atoms with Crippen LogP contribution in [0.3, 0.4) is 0 Å². The Morgan fingerprint density at radius 2 is 2.04 bits per heavy atom. The molecule has 1 saturated heterocycles. The van der Waals surface area contributed by atoms with E-state index in [1.54, 1.807) is 0 Å². The van der Waals surface area contributed by atoms with E-state index in [4.69, 9.17) is 4.99 Å². The van der Waals surface area contributed by atoms with Gasteiger partial charge in [-0.2, -0.15) is 0 Å². The molecular formula is C17H30N6. The lowest BCUT2D eigenvalue weighted by Gasteiger charge is -2.34.